The first-order chi connectivity index (χ1) is 18.9. The molecular weight excluding hydrogens is 560 g/mol. The van der Waals surface area contributed by atoms with Crippen molar-refractivity contribution < 1.29 is 29.1 Å². The molecule has 7 nitrogen and oxygen atoms in total. The molecule has 0 radical (unpaired) electrons. The molecule has 39 heavy (non-hydrogen) atoms. The highest BCUT2D eigenvalue weighted by Crippen LogP contribution is 2.24. The second kappa shape index (κ2) is 15.2. The van der Waals surface area contributed by atoms with Crippen molar-refractivity contribution in [3.05, 3.63) is 102 Å². The fourth-order valence-corrected chi connectivity index (χ4v) is 4.86. The minimum atomic E-state index is -1.02. The number of quaternary nitrogens is 1. The number of carbonyl (C=O) groups is 3. The first-order valence-electron chi connectivity index (χ1n) is 13.1. The number of rotatable bonds is 10. The average Bonchev–Trinajstić information content (AvgIpc) is 2.98. The zero-order valence-electron chi connectivity index (χ0n) is 22.3. The third-order valence-corrected chi connectivity index (χ3v) is 6.99. The number of carbonyl (C=O) groups excluding carboxylic acids is 2. The van der Waals surface area contributed by atoms with Gasteiger partial charge in [-0.3, -0.25) is 4.79 Å². The number of para-hydroxylation sites is 1. The molecule has 2 unspecified atom stereocenters. The normalized spacial score (nSPS) is 19.1. The van der Waals surface area contributed by atoms with Crippen LogP contribution < -0.4 is 10.2 Å². The lowest BCUT2D eigenvalue weighted by Crippen LogP contribution is -3.15. The average molecular weight is 597 g/mol. The van der Waals surface area contributed by atoms with E-state index >= 15 is 0 Å². The molecule has 0 aliphatic carbocycles. The number of likely N-dealkylation sites (tertiary alicyclic amines) is 1. The Balaban J connectivity index is 0.00000205. The van der Waals surface area contributed by atoms with Crippen LogP contribution in [0.15, 0.2) is 84.9 Å². The number of anilines is 1. The van der Waals surface area contributed by atoms with E-state index < -0.39 is 12.0 Å². The van der Waals surface area contributed by atoms with Gasteiger partial charge >= 0.3 is 11.9 Å². The van der Waals surface area contributed by atoms with Crippen LogP contribution in [0.5, 0.6) is 0 Å². The van der Waals surface area contributed by atoms with Gasteiger partial charge in [0.25, 0.3) is 0 Å². The standard InChI is InChI=1S/C30H32N2O5.CH3Br/c1-2-21-17-18-32(19-26(33)22-13-15-24(16-14-22)29(34)35)20-27(21)37-30(36)28(23-9-5-3-6-10-23)31-25-11-7-4-8-12-25;1-2/h3-16,21,27-28,31H,2,17-20H2,1H3,(H,34,35);1H3/p+1/t21?,27-,28+;/m0./s1. The number of nitrogens with one attached hydrogen (secondary N) is 2. The second-order valence-electron chi connectivity index (χ2n) is 9.47. The van der Waals surface area contributed by atoms with Crippen molar-refractivity contribution in [3.8, 4) is 0 Å². The van der Waals surface area contributed by atoms with Crippen LogP contribution in [-0.4, -0.2) is 54.4 Å². The monoisotopic (exact) mass is 595 g/mol. The van der Waals surface area contributed by atoms with E-state index in [9.17, 15) is 14.4 Å². The lowest BCUT2D eigenvalue weighted by molar-refractivity contribution is -0.901. The lowest BCUT2D eigenvalue weighted by atomic mass is 9.91. The Hall–Kier alpha value is -3.49. The van der Waals surface area contributed by atoms with Crippen molar-refractivity contribution in [1.29, 1.82) is 0 Å². The number of ether oxygens (including phenoxy) is 1. The number of ketones is 1. The van der Waals surface area contributed by atoms with E-state index in [2.05, 4.69) is 28.2 Å². The van der Waals surface area contributed by atoms with Crippen LogP contribution in [-0.2, 0) is 9.53 Å². The van der Waals surface area contributed by atoms with Crippen molar-refractivity contribution in [3.63, 3.8) is 0 Å². The molecule has 4 rings (SSSR count). The first kappa shape index (κ1) is 30.1. The molecule has 8 heteroatoms. The molecule has 0 saturated carbocycles. The quantitative estimate of drug-likeness (QED) is 0.179. The third kappa shape index (κ3) is 8.50. The fraction of sp³-hybridized carbons (Fsp3) is 0.323. The van der Waals surface area contributed by atoms with E-state index in [4.69, 9.17) is 9.84 Å². The highest BCUT2D eigenvalue weighted by atomic mass is 79.9. The molecule has 1 aliphatic rings. The number of halogens is 1. The summed E-state index contributed by atoms with van der Waals surface area (Å²) in [6, 6.07) is 24.5. The predicted octanol–water partition coefficient (Wildman–Crippen LogP) is 4.66. The molecule has 0 amide bonds. The molecule has 1 fully saturated rings. The summed E-state index contributed by atoms with van der Waals surface area (Å²) >= 11 is 2.94. The van der Waals surface area contributed by atoms with Gasteiger partial charge in [0, 0.05) is 23.6 Å². The molecule has 1 aliphatic heterocycles. The minimum absolute atomic E-state index is 0.0557. The van der Waals surface area contributed by atoms with Gasteiger partial charge in [-0.1, -0.05) is 83.5 Å². The number of esters is 1. The van der Waals surface area contributed by atoms with E-state index in [1.165, 1.54) is 12.1 Å². The Morgan fingerprint density at radius 3 is 2.13 bits per heavy atom. The Morgan fingerprint density at radius 1 is 0.949 bits per heavy atom. The summed E-state index contributed by atoms with van der Waals surface area (Å²) in [7, 11) is 0. The molecule has 3 N–H and O–H groups in total. The minimum Gasteiger partial charge on any atom is -0.478 e. The Labute approximate surface area is 238 Å². The van der Waals surface area contributed by atoms with Crippen molar-refractivity contribution >= 4 is 39.3 Å². The second-order valence-corrected chi connectivity index (χ2v) is 9.47. The number of carboxylic acid groups (broad SMARTS) is 1. The molecule has 0 spiro atoms. The van der Waals surface area contributed by atoms with Crippen LogP contribution in [0.2, 0.25) is 0 Å². The van der Waals surface area contributed by atoms with Crippen LogP contribution >= 0.6 is 15.9 Å². The molecular formula is C31H36BrN2O5+. The van der Waals surface area contributed by atoms with Crippen molar-refractivity contribution in [1.82, 2.24) is 0 Å². The maximum Gasteiger partial charge on any atom is 0.335 e. The topological polar surface area (TPSA) is 97.1 Å². The van der Waals surface area contributed by atoms with Crippen LogP contribution in [0.4, 0.5) is 5.69 Å². The van der Waals surface area contributed by atoms with Gasteiger partial charge in [0.15, 0.2) is 12.1 Å². The summed E-state index contributed by atoms with van der Waals surface area (Å²) in [4.78, 5) is 38.5. The lowest BCUT2D eigenvalue weighted by Gasteiger charge is -2.35. The van der Waals surface area contributed by atoms with Gasteiger partial charge in [0.2, 0.25) is 5.78 Å². The van der Waals surface area contributed by atoms with Crippen LogP contribution in [0.3, 0.4) is 0 Å². The number of hydrogen-bond donors (Lipinski definition) is 3. The number of hydrogen-bond acceptors (Lipinski definition) is 5. The van der Waals surface area contributed by atoms with E-state index in [1.807, 2.05) is 66.5 Å². The summed E-state index contributed by atoms with van der Waals surface area (Å²) < 4.78 is 6.14. The number of piperidine rings is 1. The van der Waals surface area contributed by atoms with Gasteiger partial charge in [-0.25, -0.2) is 9.59 Å². The van der Waals surface area contributed by atoms with E-state index in [1.54, 1.807) is 12.1 Å². The molecule has 3 aromatic carbocycles. The SMILES string of the molecule is CBr.CCC1CC[NH+](CC(=O)c2ccc(C(=O)O)cc2)C[C@@H]1OC(=O)[C@H](Nc1ccccc1)c1ccccc1. The maximum absolute atomic E-state index is 13.5. The summed E-state index contributed by atoms with van der Waals surface area (Å²) in [5, 5.41) is 12.4. The summed E-state index contributed by atoms with van der Waals surface area (Å²) in [5.41, 5.74) is 2.29. The molecule has 206 valence electrons. The summed E-state index contributed by atoms with van der Waals surface area (Å²) in [6.45, 7) is 3.73. The number of aromatic carboxylic acids is 1. The van der Waals surface area contributed by atoms with Gasteiger partial charge in [-0.05, 0) is 42.1 Å². The first-order valence-corrected chi connectivity index (χ1v) is 14.7. The van der Waals surface area contributed by atoms with Gasteiger partial charge < -0.3 is 20.1 Å². The van der Waals surface area contributed by atoms with Crippen molar-refractivity contribution in [2.45, 2.75) is 31.9 Å². The molecule has 1 heterocycles. The predicted molar refractivity (Wildman–Crippen MR) is 156 cm³/mol. The van der Waals surface area contributed by atoms with Crippen LogP contribution in [0.1, 0.15) is 52.1 Å². The molecule has 0 bridgehead atoms. The van der Waals surface area contributed by atoms with Crippen LogP contribution in [0, 0.1) is 5.92 Å². The Kier molecular flexibility index (Phi) is 11.7. The zero-order chi connectivity index (χ0) is 28.2. The highest BCUT2D eigenvalue weighted by molar-refractivity contribution is 9.08. The van der Waals surface area contributed by atoms with Crippen molar-refractivity contribution in [2.75, 3.05) is 30.8 Å². The van der Waals surface area contributed by atoms with E-state index in [0.717, 1.165) is 35.5 Å². The largest absolute Gasteiger partial charge is 0.478 e. The van der Waals surface area contributed by atoms with Gasteiger partial charge in [-0.15, -0.1) is 0 Å². The number of Topliss-reactive ketones (excluding diaryl/α,β-unsaturated/α-hetero) is 1. The number of benzene rings is 3. The molecule has 0 aromatic heterocycles. The smallest absolute Gasteiger partial charge is 0.335 e. The summed E-state index contributed by atoms with van der Waals surface area (Å²) in [6.07, 6.45) is 1.45. The van der Waals surface area contributed by atoms with Crippen molar-refractivity contribution in [2.24, 2.45) is 5.92 Å². The molecule has 3 aromatic rings. The van der Waals surface area contributed by atoms with Gasteiger partial charge in [0.05, 0.1) is 12.1 Å². The van der Waals surface area contributed by atoms with E-state index in [0.29, 0.717) is 12.1 Å². The molecule has 4 atom stereocenters. The third-order valence-electron chi connectivity index (χ3n) is 6.99. The summed E-state index contributed by atoms with van der Waals surface area (Å²) in [5.74, 6) is 0.625. The van der Waals surface area contributed by atoms with Gasteiger partial charge in [0.1, 0.15) is 13.1 Å². The number of alkyl halides is 1. The zero-order valence-corrected chi connectivity index (χ0v) is 23.9. The van der Waals surface area contributed by atoms with Crippen LogP contribution in [0.25, 0.3) is 0 Å². The van der Waals surface area contributed by atoms with Gasteiger partial charge in [-0.2, -0.15) is 0 Å². The maximum atomic E-state index is 13.5. The fourth-order valence-electron chi connectivity index (χ4n) is 4.86. The Morgan fingerprint density at radius 2 is 1.54 bits per heavy atom. The number of carboxylic acids is 1. The Bertz CT molecular complexity index is 1200. The highest BCUT2D eigenvalue weighted by Gasteiger charge is 2.36. The van der Waals surface area contributed by atoms with E-state index in [-0.39, 0.29) is 35.9 Å². The molecule has 1 saturated heterocycles.